The van der Waals surface area contributed by atoms with Crippen LogP contribution in [0.15, 0.2) is 18.3 Å². The molecule has 0 spiro atoms. The summed E-state index contributed by atoms with van der Waals surface area (Å²) in [6.07, 6.45) is -5.12. The molecule has 0 saturated carbocycles. The Hall–Kier alpha value is -1.34. The van der Waals surface area contributed by atoms with Crippen LogP contribution < -0.4 is 4.90 Å². The maximum atomic E-state index is 12.3. The molecule has 1 aliphatic rings. The first-order chi connectivity index (χ1) is 7.88. The number of β-amino-alcohol motifs (C(OH)–C–C–N with tert-alkyl or cyclic N) is 2. The molecule has 0 radical (unpaired) electrons. The number of alkyl halides is 3. The summed E-state index contributed by atoms with van der Waals surface area (Å²) in [6, 6.07) is 2.16. The van der Waals surface area contributed by atoms with Crippen LogP contribution in [0.1, 0.15) is 5.69 Å². The fourth-order valence-corrected chi connectivity index (χ4v) is 1.72. The summed E-state index contributed by atoms with van der Waals surface area (Å²) in [4.78, 5) is 4.90. The summed E-state index contributed by atoms with van der Waals surface area (Å²) >= 11 is 0. The van der Waals surface area contributed by atoms with Crippen LogP contribution in [0.3, 0.4) is 0 Å². The normalized spacial score (nSPS) is 25.4. The van der Waals surface area contributed by atoms with Gasteiger partial charge in [-0.3, -0.25) is 0 Å². The van der Waals surface area contributed by atoms with E-state index in [0.717, 1.165) is 12.3 Å². The molecule has 4 nitrogen and oxygen atoms in total. The molecule has 0 aliphatic carbocycles. The van der Waals surface area contributed by atoms with Gasteiger partial charge in [0.2, 0.25) is 0 Å². The van der Waals surface area contributed by atoms with Crippen molar-refractivity contribution < 1.29 is 23.4 Å². The van der Waals surface area contributed by atoms with E-state index in [4.69, 9.17) is 0 Å². The van der Waals surface area contributed by atoms with Crippen LogP contribution in [0.4, 0.5) is 18.9 Å². The minimum Gasteiger partial charge on any atom is -0.389 e. The van der Waals surface area contributed by atoms with Gasteiger partial charge in [-0.15, -0.1) is 0 Å². The van der Waals surface area contributed by atoms with E-state index in [9.17, 15) is 23.4 Å². The monoisotopic (exact) mass is 248 g/mol. The van der Waals surface area contributed by atoms with Gasteiger partial charge >= 0.3 is 6.18 Å². The third-order valence-corrected chi connectivity index (χ3v) is 2.66. The second-order valence-corrected chi connectivity index (χ2v) is 3.94. The van der Waals surface area contributed by atoms with Crippen molar-refractivity contribution in [3.63, 3.8) is 0 Å². The maximum absolute atomic E-state index is 12.3. The van der Waals surface area contributed by atoms with Crippen molar-refractivity contribution in [2.75, 3.05) is 18.0 Å². The van der Waals surface area contributed by atoms with Crippen LogP contribution in [0, 0.1) is 0 Å². The Balaban J connectivity index is 2.14. The lowest BCUT2D eigenvalue weighted by molar-refractivity contribution is -0.141. The van der Waals surface area contributed by atoms with Crippen molar-refractivity contribution in [2.45, 2.75) is 18.4 Å². The SMILES string of the molecule is O[C@@H]1CN(c2ccc(C(F)(F)F)nc2)C[C@@H]1O. The molecular formula is C10H11F3N2O2. The van der Waals surface area contributed by atoms with Gasteiger partial charge in [0, 0.05) is 13.1 Å². The fourth-order valence-electron chi connectivity index (χ4n) is 1.72. The highest BCUT2D eigenvalue weighted by atomic mass is 19.4. The number of pyridine rings is 1. The lowest BCUT2D eigenvalue weighted by atomic mass is 10.3. The van der Waals surface area contributed by atoms with Crippen LogP contribution in [-0.2, 0) is 6.18 Å². The van der Waals surface area contributed by atoms with Gasteiger partial charge < -0.3 is 15.1 Å². The third-order valence-electron chi connectivity index (χ3n) is 2.66. The number of aliphatic hydroxyl groups is 2. The lowest BCUT2D eigenvalue weighted by Gasteiger charge is -2.17. The number of halogens is 3. The van der Waals surface area contributed by atoms with Crippen molar-refractivity contribution in [3.8, 4) is 0 Å². The summed E-state index contributed by atoms with van der Waals surface area (Å²) in [5, 5.41) is 18.6. The van der Waals surface area contributed by atoms with Crippen LogP contribution in [0.25, 0.3) is 0 Å². The summed E-state index contributed by atoms with van der Waals surface area (Å²) in [5.74, 6) is 0. The van der Waals surface area contributed by atoms with E-state index < -0.39 is 24.1 Å². The predicted molar refractivity (Wildman–Crippen MR) is 53.5 cm³/mol. The molecule has 17 heavy (non-hydrogen) atoms. The molecular weight excluding hydrogens is 237 g/mol. The van der Waals surface area contributed by atoms with Crippen molar-refractivity contribution in [1.82, 2.24) is 4.98 Å². The average molecular weight is 248 g/mol. The van der Waals surface area contributed by atoms with Crippen LogP contribution in [-0.4, -0.2) is 40.5 Å². The number of rotatable bonds is 1. The summed E-state index contributed by atoms with van der Waals surface area (Å²) < 4.78 is 36.8. The first kappa shape index (κ1) is 12.1. The Kier molecular flexibility index (Phi) is 2.96. The van der Waals surface area contributed by atoms with E-state index >= 15 is 0 Å². The maximum Gasteiger partial charge on any atom is 0.433 e. The van der Waals surface area contributed by atoms with E-state index in [-0.39, 0.29) is 13.1 Å². The standard InChI is InChI=1S/C10H11F3N2O2/c11-10(12,13)9-2-1-6(3-14-9)15-4-7(16)8(17)5-15/h1-3,7-8,16-17H,4-5H2/t7-,8+. The first-order valence-electron chi connectivity index (χ1n) is 5.02. The Labute approximate surface area is 95.3 Å². The molecule has 2 N–H and O–H groups in total. The van der Waals surface area contributed by atoms with Crippen molar-refractivity contribution >= 4 is 5.69 Å². The van der Waals surface area contributed by atoms with Gasteiger partial charge in [0.05, 0.1) is 24.1 Å². The smallest absolute Gasteiger partial charge is 0.389 e. The van der Waals surface area contributed by atoms with Gasteiger partial charge in [0.25, 0.3) is 0 Å². The largest absolute Gasteiger partial charge is 0.433 e. The number of aliphatic hydroxyl groups excluding tert-OH is 2. The molecule has 1 aliphatic heterocycles. The number of aromatic nitrogens is 1. The van der Waals surface area contributed by atoms with Crippen molar-refractivity contribution in [1.29, 1.82) is 0 Å². The zero-order valence-corrected chi connectivity index (χ0v) is 8.72. The first-order valence-corrected chi connectivity index (χ1v) is 5.02. The highest BCUT2D eigenvalue weighted by molar-refractivity contribution is 5.46. The number of hydrogen-bond donors (Lipinski definition) is 2. The Morgan fingerprint density at radius 3 is 2.18 bits per heavy atom. The second kappa shape index (κ2) is 4.15. The van der Waals surface area contributed by atoms with Gasteiger partial charge in [0.15, 0.2) is 0 Å². The zero-order chi connectivity index (χ0) is 12.6. The number of hydrogen-bond acceptors (Lipinski definition) is 4. The highest BCUT2D eigenvalue weighted by Crippen LogP contribution is 2.29. The summed E-state index contributed by atoms with van der Waals surface area (Å²) in [5.41, 5.74) is -0.504. The zero-order valence-electron chi connectivity index (χ0n) is 8.72. The Morgan fingerprint density at radius 2 is 1.76 bits per heavy atom. The predicted octanol–water partition coefficient (Wildman–Crippen LogP) is 0.642. The van der Waals surface area contributed by atoms with Crippen molar-refractivity contribution in [2.24, 2.45) is 0 Å². The molecule has 2 rings (SSSR count). The minimum absolute atomic E-state index is 0.189. The molecule has 0 amide bonds. The molecule has 1 aromatic heterocycles. The molecule has 0 bridgehead atoms. The summed E-state index contributed by atoms with van der Waals surface area (Å²) in [7, 11) is 0. The van der Waals surface area contributed by atoms with Gasteiger partial charge in [-0.2, -0.15) is 13.2 Å². The third kappa shape index (κ3) is 2.50. The molecule has 0 unspecified atom stereocenters. The number of nitrogens with zero attached hydrogens (tertiary/aromatic N) is 2. The lowest BCUT2D eigenvalue weighted by Crippen LogP contribution is -2.22. The molecule has 1 aromatic rings. The number of anilines is 1. The van der Waals surface area contributed by atoms with E-state index in [0.29, 0.717) is 5.69 Å². The van der Waals surface area contributed by atoms with Gasteiger partial charge in [-0.25, -0.2) is 4.98 Å². The minimum atomic E-state index is -4.46. The van der Waals surface area contributed by atoms with Crippen LogP contribution >= 0.6 is 0 Å². The second-order valence-electron chi connectivity index (χ2n) is 3.94. The van der Waals surface area contributed by atoms with E-state index in [1.165, 1.54) is 6.07 Å². The molecule has 1 fully saturated rings. The van der Waals surface area contributed by atoms with Gasteiger partial charge in [0.1, 0.15) is 5.69 Å². The topological polar surface area (TPSA) is 56.6 Å². The molecule has 0 aromatic carbocycles. The molecule has 2 atom stereocenters. The average Bonchev–Trinajstić information content (AvgIpc) is 2.58. The van der Waals surface area contributed by atoms with Crippen molar-refractivity contribution in [3.05, 3.63) is 24.0 Å². The van der Waals surface area contributed by atoms with E-state index in [2.05, 4.69) is 4.98 Å². The summed E-state index contributed by atoms with van der Waals surface area (Å²) in [6.45, 7) is 0.377. The molecule has 1 saturated heterocycles. The fraction of sp³-hybridized carbons (Fsp3) is 0.500. The van der Waals surface area contributed by atoms with Gasteiger partial charge in [-0.05, 0) is 12.1 Å². The Bertz CT molecular complexity index is 384. The molecule has 94 valence electrons. The quantitative estimate of drug-likeness (QED) is 0.766. The Morgan fingerprint density at radius 1 is 1.18 bits per heavy atom. The highest BCUT2D eigenvalue weighted by Gasteiger charge is 2.33. The molecule has 7 heteroatoms. The van der Waals surface area contributed by atoms with Gasteiger partial charge in [-0.1, -0.05) is 0 Å². The van der Waals surface area contributed by atoms with E-state index in [1.54, 1.807) is 4.90 Å². The molecule has 2 heterocycles. The van der Waals surface area contributed by atoms with Crippen LogP contribution in [0.2, 0.25) is 0 Å². The van der Waals surface area contributed by atoms with E-state index in [1.807, 2.05) is 0 Å². The van der Waals surface area contributed by atoms with Crippen LogP contribution in [0.5, 0.6) is 0 Å².